The van der Waals surface area contributed by atoms with Gasteiger partial charge in [0, 0.05) is 0 Å². The van der Waals surface area contributed by atoms with E-state index in [1.807, 2.05) is 0 Å². The van der Waals surface area contributed by atoms with Crippen LogP contribution in [0.1, 0.15) is 1.43 Å². The maximum Gasteiger partial charge on any atom is 1.00 e. The Balaban J connectivity index is 0. The Morgan fingerprint density at radius 2 is 1.40 bits per heavy atom. The zero-order chi connectivity index (χ0) is 6.85. The number of halogens is 3. The van der Waals surface area contributed by atoms with Crippen LogP contribution in [0.3, 0.4) is 0 Å². The minimum absolute atomic E-state index is 0. The zero-order valence-electron chi connectivity index (χ0n) is 6.37. The molecule has 0 aliphatic rings. The van der Waals surface area contributed by atoms with Crippen LogP contribution in [-0.2, 0) is 0 Å². The minimum atomic E-state index is -1.42. The van der Waals surface area contributed by atoms with Crippen molar-refractivity contribution in [2.45, 2.75) is 0 Å². The normalized spacial score (nSPS) is 8.70. The summed E-state index contributed by atoms with van der Waals surface area (Å²) in [5.74, 6) is -3.73. The summed E-state index contributed by atoms with van der Waals surface area (Å²) < 4.78 is 35.9. The van der Waals surface area contributed by atoms with Gasteiger partial charge >= 0.3 is 18.9 Å². The first-order chi connectivity index (χ1) is 4.22. The average Bonchev–Trinajstić information content (AvgIpc) is 1.83. The van der Waals surface area contributed by atoms with Crippen molar-refractivity contribution in [1.82, 2.24) is 0 Å². The average molecular weight is 140 g/mol. The topological polar surface area (TPSA) is 0 Å². The molecular formula is C6H4F3Li. The van der Waals surface area contributed by atoms with Crippen molar-refractivity contribution in [3.05, 3.63) is 35.7 Å². The predicted molar refractivity (Wildman–Crippen MR) is 27.4 cm³/mol. The molecule has 0 N–H and O–H groups in total. The summed E-state index contributed by atoms with van der Waals surface area (Å²) in [5.41, 5.74) is 0. The van der Waals surface area contributed by atoms with E-state index in [-0.39, 0.29) is 20.3 Å². The summed E-state index contributed by atoms with van der Waals surface area (Å²) in [6.45, 7) is 0. The number of rotatable bonds is 0. The van der Waals surface area contributed by atoms with E-state index in [0.717, 1.165) is 18.2 Å². The molecule has 50 valence electrons. The Bertz CT molecular complexity index is 209. The summed E-state index contributed by atoms with van der Waals surface area (Å²) in [7, 11) is 0. The van der Waals surface area contributed by atoms with Crippen molar-refractivity contribution in [2.24, 2.45) is 0 Å². The van der Waals surface area contributed by atoms with E-state index < -0.39 is 17.5 Å². The van der Waals surface area contributed by atoms with Crippen LogP contribution >= 0.6 is 0 Å². The summed E-state index contributed by atoms with van der Waals surface area (Å²) in [4.78, 5) is 0. The van der Waals surface area contributed by atoms with Crippen LogP contribution in [0.4, 0.5) is 13.2 Å². The molecule has 0 bridgehead atoms. The maximum absolute atomic E-state index is 12.0. The van der Waals surface area contributed by atoms with Crippen LogP contribution in [0.25, 0.3) is 0 Å². The Morgan fingerprint density at radius 3 is 1.70 bits per heavy atom. The molecule has 0 spiro atoms. The summed E-state index contributed by atoms with van der Waals surface area (Å²) in [6.07, 6.45) is 0. The summed E-state index contributed by atoms with van der Waals surface area (Å²) in [6, 6.07) is 2.82. The van der Waals surface area contributed by atoms with E-state index in [0.29, 0.717) is 0 Å². The molecule has 0 saturated carbocycles. The largest absolute Gasteiger partial charge is 1.00 e. The van der Waals surface area contributed by atoms with Gasteiger partial charge < -0.3 is 1.43 Å². The van der Waals surface area contributed by atoms with Gasteiger partial charge in [-0.15, -0.1) is 0 Å². The molecular weight excluding hydrogens is 136 g/mol. The first-order valence-electron chi connectivity index (χ1n) is 2.31. The molecule has 0 radical (unpaired) electrons. The summed E-state index contributed by atoms with van der Waals surface area (Å²) in [5, 5.41) is 0. The van der Waals surface area contributed by atoms with Crippen LogP contribution in [0.5, 0.6) is 0 Å². The van der Waals surface area contributed by atoms with Gasteiger partial charge in [-0.05, 0) is 12.1 Å². The van der Waals surface area contributed by atoms with E-state index in [9.17, 15) is 13.2 Å². The fourth-order valence-corrected chi connectivity index (χ4v) is 0.477. The number of hydrogen-bond donors (Lipinski definition) is 0. The quantitative estimate of drug-likeness (QED) is 0.327. The van der Waals surface area contributed by atoms with Gasteiger partial charge in [0.2, 0.25) is 0 Å². The van der Waals surface area contributed by atoms with Gasteiger partial charge in [0.15, 0.2) is 17.5 Å². The maximum atomic E-state index is 12.0. The van der Waals surface area contributed by atoms with E-state index in [4.69, 9.17) is 0 Å². The van der Waals surface area contributed by atoms with E-state index in [1.165, 1.54) is 0 Å². The molecule has 10 heavy (non-hydrogen) atoms. The van der Waals surface area contributed by atoms with Gasteiger partial charge in [-0.2, -0.15) is 0 Å². The van der Waals surface area contributed by atoms with Gasteiger partial charge in [0.1, 0.15) is 0 Å². The minimum Gasteiger partial charge on any atom is -1.00 e. The standard InChI is InChI=1S/C6H3F3.Li.H/c7-4-2-1-3-5(8)6(4)9;;/h1-3H;;/q;+1;-1. The number of hydrogen-bond acceptors (Lipinski definition) is 0. The van der Waals surface area contributed by atoms with Crippen LogP contribution in [0.2, 0.25) is 0 Å². The fourth-order valence-electron chi connectivity index (χ4n) is 0.477. The second kappa shape index (κ2) is 3.70. The molecule has 0 aromatic heterocycles. The Morgan fingerprint density at radius 1 is 1.00 bits per heavy atom. The molecule has 1 rings (SSSR count). The van der Waals surface area contributed by atoms with Gasteiger partial charge in [0.25, 0.3) is 0 Å². The molecule has 4 heteroatoms. The molecule has 0 fully saturated rings. The summed E-state index contributed by atoms with van der Waals surface area (Å²) >= 11 is 0. The first kappa shape index (κ1) is 9.61. The second-order valence-corrected chi connectivity index (χ2v) is 1.54. The molecule has 1 aromatic rings. The van der Waals surface area contributed by atoms with E-state index in [2.05, 4.69) is 0 Å². The number of benzene rings is 1. The second-order valence-electron chi connectivity index (χ2n) is 1.54. The van der Waals surface area contributed by atoms with Crippen molar-refractivity contribution >= 4 is 0 Å². The molecule has 0 aliphatic carbocycles. The smallest absolute Gasteiger partial charge is 1.00 e. The molecule has 0 aliphatic heterocycles. The van der Waals surface area contributed by atoms with Crippen molar-refractivity contribution in [3.63, 3.8) is 0 Å². The Hall–Kier alpha value is -0.393. The first-order valence-corrected chi connectivity index (χ1v) is 2.31. The van der Waals surface area contributed by atoms with Gasteiger partial charge in [-0.25, -0.2) is 13.2 Å². The Labute approximate surface area is 69.7 Å². The van der Waals surface area contributed by atoms with Crippen molar-refractivity contribution in [3.8, 4) is 0 Å². The van der Waals surface area contributed by atoms with Crippen molar-refractivity contribution in [1.29, 1.82) is 0 Å². The zero-order valence-corrected chi connectivity index (χ0v) is 5.37. The SMILES string of the molecule is Fc1cccc(F)c1F.[H-].[Li+]. The molecule has 0 amide bonds. The van der Waals surface area contributed by atoms with E-state index >= 15 is 0 Å². The van der Waals surface area contributed by atoms with Gasteiger partial charge in [0.05, 0.1) is 0 Å². The van der Waals surface area contributed by atoms with E-state index in [1.54, 1.807) is 0 Å². The third kappa shape index (κ3) is 1.79. The monoisotopic (exact) mass is 140 g/mol. The third-order valence-electron chi connectivity index (χ3n) is 0.904. The molecule has 0 nitrogen and oxygen atoms in total. The molecule has 1 aromatic carbocycles. The van der Waals surface area contributed by atoms with Crippen molar-refractivity contribution < 1.29 is 33.5 Å². The third-order valence-corrected chi connectivity index (χ3v) is 0.904. The van der Waals surface area contributed by atoms with Crippen molar-refractivity contribution in [2.75, 3.05) is 0 Å². The fraction of sp³-hybridized carbons (Fsp3) is 0. The molecule has 0 unspecified atom stereocenters. The van der Waals surface area contributed by atoms with Gasteiger partial charge in [-0.3, -0.25) is 0 Å². The molecule has 0 heterocycles. The predicted octanol–water partition coefficient (Wildman–Crippen LogP) is -0.780. The molecule has 0 saturated heterocycles. The van der Waals surface area contributed by atoms with Crippen LogP contribution < -0.4 is 18.9 Å². The van der Waals surface area contributed by atoms with Gasteiger partial charge in [-0.1, -0.05) is 6.07 Å². The van der Waals surface area contributed by atoms with Crippen LogP contribution in [0, 0.1) is 17.5 Å². The molecule has 0 atom stereocenters. The van der Waals surface area contributed by atoms with Crippen LogP contribution in [0.15, 0.2) is 18.2 Å². The Kier molecular flexibility index (Phi) is 3.55. The van der Waals surface area contributed by atoms with Crippen LogP contribution in [-0.4, -0.2) is 0 Å².